The van der Waals surface area contributed by atoms with Crippen molar-refractivity contribution in [3.63, 3.8) is 0 Å². The fraction of sp³-hybridized carbons (Fsp3) is 0.320. The Morgan fingerprint density at radius 3 is 2.68 bits per heavy atom. The van der Waals surface area contributed by atoms with Gasteiger partial charge in [0.05, 0.1) is 13.2 Å². The smallest absolute Gasteiger partial charge is 0.241 e. The summed E-state index contributed by atoms with van der Waals surface area (Å²) in [6.45, 7) is 0.499. The van der Waals surface area contributed by atoms with E-state index in [4.69, 9.17) is 10.1 Å². The van der Waals surface area contributed by atoms with Crippen molar-refractivity contribution >= 4 is 17.4 Å². The number of allylic oxidation sites excluding steroid dienone is 1. The van der Waals surface area contributed by atoms with Crippen molar-refractivity contribution in [1.82, 2.24) is 4.90 Å². The Hall–Kier alpha value is -3.59. The van der Waals surface area contributed by atoms with Gasteiger partial charge in [0, 0.05) is 17.9 Å². The zero-order chi connectivity index (χ0) is 21.6. The van der Waals surface area contributed by atoms with Gasteiger partial charge in [0.2, 0.25) is 5.91 Å². The number of para-hydroxylation sites is 1. The molecular weight excluding hydrogens is 388 g/mol. The highest BCUT2D eigenvalue weighted by molar-refractivity contribution is 6.13. The van der Waals surface area contributed by atoms with Crippen molar-refractivity contribution in [1.29, 1.82) is 10.7 Å². The second-order valence-corrected chi connectivity index (χ2v) is 8.32. The number of carbonyl (C=O) groups excluding carboxylic acids is 1. The summed E-state index contributed by atoms with van der Waals surface area (Å²) in [5, 5.41) is 22.3. The Morgan fingerprint density at radius 1 is 1.19 bits per heavy atom. The molecule has 2 aromatic rings. The van der Waals surface area contributed by atoms with Gasteiger partial charge in [-0.25, -0.2) is 0 Å². The van der Waals surface area contributed by atoms with Crippen LogP contribution in [-0.4, -0.2) is 23.8 Å². The maximum absolute atomic E-state index is 13.5. The highest BCUT2D eigenvalue weighted by atomic mass is 16.5. The molecule has 0 fully saturated rings. The molecule has 31 heavy (non-hydrogen) atoms. The molecule has 6 nitrogen and oxygen atoms in total. The fourth-order valence-corrected chi connectivity index (χ4v) is 5.41. The lowest BCUT2D eigenvalue weighted by atomic mass is 9.60. The largest absolute Gasteiger partial charge is 0.497 e. The maximum Gasteiger partial charge on any atom is 0.241 e. The Balaban J connectivity index is 1.67. The van der Waals surface area contributed by atoms with E-state index in [9.17, 15) is 10.1 Å². The molecule has 6 heteroatoms. The number of nitrogens with one attached hydrogen (secondary N) is 2. The molecule has 2 aromatic carbocycles. The van der Waals surface area contributed by atoms with Crippen molar-refractivity contribution < 1.29 is 9.53 Å². The van der Waals surface area contributed by atoms with E-state index in [0.29, 0.717) is 6.54 Å². The molecule has 1 spiro atoms. The van der Waals surface area contributed by atoms with Gasteiger partial charge in [-0.1, -0.05) is 30.3 Å². The molecule has 0 bridgehead atoms. The van der Waals surface area contributed by atoms with Gasteiger partial charge in [-0.2, -0.15) is 5.26 Å². The molecule has 156 valence electrons. The third-order valence-electron chi connectivity index (χ3n) is 6.82. The third kappa shape index (κ3) is 2.70. The summed E-state index contributed by atoms with van der Waals surface area (Å²) in [5.74, 6) is -0.0660. The van der Waals surface area contributed by atoms with E-state index in [2.05, 4.69) is 11.4 Å². The van der Waals surface area contributed by atoms with Crippen LogP contribution < -0.4 is 10.1 Å². The summed E-state index contributed by atoms with van der Waals surface area (Å²) in [7, 11) is 1.63. The Labute approximate surface area is 181 Å². The molecular formula is C25H24N4O2. The first-order valence-electron chi connectivity index (χ1n) is 10.6. The van der Waals surface area contributed by atoms with Crippen LogP contribution in [0.4, 0.5) is 5.69 Å². The van der Waals surface area contributed by atoms with Gasteiger partial charge in [-0.3, -0.25) is 10.2 Å². The van der Waals surface area contributed by atoms with Crippen molar-refractivity contribution in [3.8, 4) is 11.8 Å². The number of methoxy groups -OCH3 is 1. The molecule has 1 aliphatic carbocycles. The maximum atomic E-state index is 13.5. The number of hydrogen-bond acceptors (Lipinski definition) is 4. The van der Waals surface area contributed by atoms with Crippen molar-refractivity contribution in [2.24, 2.45) is 5.92 Å². The normalized spacial score (nSPS) is 24.5. The number of amides is 1. The molecule has 3 aliphatic rings. The monoisotopic (exact) mass is 412 g/mol. The molecule has 0 unspecified atom stereocenters. The molecule has 2 N–H and O–H groups in total. The summed E-state index contributed by atoms with van der Waals surface area (Å²) in [4.78, 5) is 15.4. The van der Waals surface area contributed by atoms with Crippen LogP contribution >= 0.6 is 0 Å². The molecule has 0 radical (unpaired) electrons. The zero-order valence-corrected chi connectivity index (χ0v) is 17.4. The summed E-state index contributed by atoms with van der Waals surface area (Å²) in [6.07, 6.45) is 3.57. The van der Waals surface area contributed by atoms with Crippen LogP contribution in [-0.2, 0) is 16.8 Å². The molecule has 1 amide bonds. The van der Waals surface area contributed by atoms with E-state index >= 15 is 0 Å². The molecule has 5 rings (SSSR count). The van der Waals surface area contributed by atoms with E-state index in [1.807, 2.05) is 53.4 Å². The Morgan fingerprint density at radius 2 is 1.94 bits per heavy atom. The van der Waals surface area contributed by atoms with Crippen LogP contribution in [0.1, 0.15) is 36.8 Å². The fourth-order valence-electron chi connectivity index (χ4n) is 5.41. The van der Waals surface area contributed by atoms with Gasteiger partial charge in [-0.15, -0.1) is 0 Å². The van der Waals surface area contributed by atoms with E-state index in [1.54, 1.807) is 7.11 Å². The quantitative estimate of drug-likeness (QED) is 0.785. The number of fused-ring (bicyclic) bond motifs is 3. The average molecular weight is 412 g/mol. The van der Waals surface area contributed by atoms with Crippen LogP contribution in [0.2, 0.25) is 0 Å². The first-order valence-corrected chi connectivity index (χ1v) is 10.6. The lowest BCUT2D eigenvalue weighted by molar-refractivity contribution is -0.120. The molecule has 0 saturated heterocycles. The van der Waals surface area contributed by atoms with Crippen LogP contribution in [0.3, 0.4) is 0 Å². The number of hydrogen-bond donors (Lipinski definition) is 2. The molecule has 2 aliphatic heterocycles. The summed E-state index contributed by atoms with van der Waals surface area (Å²) < 4.78 is 5.26. The number of benzene rings is 2. The van der Waals surface area contributed by atoms with Gasteiger partial charge in [0.1, 0.15) is 22.9 Å². The summed E-state index contributed by atoms with van der Waals surface area (Å²) in [6, 6.07) is 17.7. The lowest BCUT2D eigenvalue weighted by Gasteiger charge is -2.47. The Bertz CT molecular complexity index is 1140. The first kappa shape index (κ1) is 19.4. The minimum absolute atomic E-state index is 0.177. The average Bonchev–Trinajstić information content (AvgIpc) is 3.10. The van der Waals surface area contributed by atoms with Crippen LogP contribution in [0.25, 0.3) is 0 Å². The van der Waals surface area contributed by atoms with E-state index < -0.39 is 11.3 Å². The first-order chi connectivity index (χ1) is 15.1. The lowest BCUT2D eigenvalue weighted by Crippen LogP contribution is -2.55. The predicted molar refractivity (Wildman–Crippen MR) is 118 cm³/mol. The SMILES string of the molecule is COc1ccc(CN2C(=N)[C@@H](C#N)[C@]3(C(=O)Nc4ccccc43)C3=C2CCCC3)cc1. The highest BCUT2D eigenvalue weighted by Crippen LogP contribution is 2.55. The summed E-state index contributed by atoms with van der Waals surface area (Å²) >= 11 is 0. The third-order valence-corrected chi connectivity index (χ3v) is 6.82. The van der Waals surface area contributed by atoms with Crippen LogP contribution in [0, 0.1) is 22.7 Å². The molecule has 0 saturated carbocycles. The highest BCUT2D eigenvalue weighted by Gasteiger charge is 2.60. The Kier molecular flexibility index (Phi) is 4.55. The minimum Gasteiger partial charge on any atom is -0.497 e. The van der Waals surface area contributed by atoms with Crippen LogP contribution in [0.15, 0.2) is 59.8 Å². The number of nitrogens with zero attached hydrogens (tertiary/aromatic N) is 2. The van der Waals surface area contributed by atoms with Gasteiger partial charge in [0.15, 0.2) is 0 Å². The number of carbonyl (C=O) groups is 1. The molecule has 2 heterocycles. The van der Waals surface area contributed by atoms with E-state index in [1.165, 1.54) is 0 Å². The van der Waals surface area contributed by atoms with Crippen molar-refractivity contribution in [2.75, 3.05) is 12.4 Å². The van der Waals surface area contributed by atoms with E-state index in [-0.39, 0.29) is 11.7 Å². The minimum atomic E-state index is -1.10. The number of nitriles is 1. The molecule has 2 atom stereocenters. The van der Waals surface area contributed by atoms with Crippen molar-refractivity contribution in [2.45, 2.75) is 37.6 Å². The van der Waals surface area contributed by atoms with E-state index in [0.717, 1.165) is 59.5 Å². The second kappa shape index (κ2) is 7.28. The predicted octanol–water partition coefficient (Wildman–Crippen LogP) is 4.35. The van der Waals surface area contributed by atoms with Crippen LogP contribution in [0.5, 0.6) is 5.75 Å². The van der Waals surface area contributed by atoms with Crippen molar-refractivity contribution in [3.05, 3.63) is 70.9 Å². The van der Waals surface area contributed by atoms with Gasteiger partial charge >= 0.3 is 0 Å². The number of anilines is 1. The van der Waals surface area contributed by atoms with Gasteiger partial charge in [-0.05, 0) is 60.6 Å². The molecule has 0 aromatic heterocycles. The standard InChI is InChI=1S/C25H24N4O2/c1-31-17-12-10-16(11-13-17)15-29-22-9-5-3-7-19(22)25(20(14-26)23(29)27)18-6-2-4-8-21(18)28-24(25)30/h2,4,6,8,10-13,20,27H,3,5,7,9,15H2,1H3,(H,28,30)/t20-,25-/m1/s1. The number of ether oxygens (including phenoxy) is 1. The second-order valence-electron chi connectivity index (χ2n) is 8.32. The van der Waals surface area contributed by atoms with Gasteiger partial charge in [0.25, 0.3) is 0 Å². The number of rotatable bonds is 3. The topological polar surface area (TPSA) is 89.2 Å². The zero-order valence-electron chi connectivity index (χ0n) is 17.4. The number of amidine groups is 1. The van der Waals surface area contributed by atoms with Gasteiger partial charge < -0.3 is 15.0 Å². The summed E-state index contributed by atoms with van der Waals surface area (Å²) in [5.41, 5.74) is 3.56.